The van der Waals surface area contributed by atoms with Gasteiger partial charge in [0.15, 0.2) is 19.7 Å². The number of hydrogen-bond acceptors (Lipinski definition) is 12. The van der Waals surface area contributed by atoms with Crippen molar-refractivity contribution in [1.82, 2.24) is 0 Å². The van der Waals surface area contributed by atoms with Crippen molar-refractivity contribution in [2.45, 2.75) is 35.8 Å². The zero-order chi connectivity index (χ0) is 38.2. The van der Waals surface area contributed by atoms with Gasteiger partial charge in [0.05, 0.1) is 52.4 Å². The van der Waals surface area contributed by atoms with Crippen LogP contribution in [0.3, 0.4) is 0 Å². The molecule has 0 fully saturated rings. The minimum Gasteiger partial charge on any atom is -0.488 e. The lowest BCUT2D eigenvalue weighted by Gasteiger charge is -2.15. The summed E-state index contributed by atoms with van der Waals surface area (Å²) in [6, 6.07) is 24.2. The number of ether oxygens (including phenoxy) is 5. The van der Waals surface area contributed by atoms with Crippen LogP contribution < -0.4 is 14.2 Å². The lowest BCUT2D eigenvalue weighted by Crippen LogP contribution is -2.17. The van der Waals surface area contributed by atoms with Gasteiger partial charge in [0.2, 0.25) is 0 Å². The second-order valence-electron chi connectivity index (χ2n) is 11.0. The standard InChI is InChI=1S/C18H19NO5S.C14H10FNO3S.C4H10O2/c1-13(12-22-2)23-16-8-14(11-19)9-17(10-16)24-15-4-6-18(7-5-15)25(3,20)21;1-20(17,18)14-4-2-12(3-5-14)19-13-7-10(9-16)6-11(15)8-13;1-4(5)3-6-2/h4-10,13H,12H2,1-3H3;2-8H,1H3;4-5H,3H2,1-2H3/t13-;;4-/m0.0/s1. The number of benzene rings is 4. The average molecular weight is 743 g/mol. The number of methoxy groups -OCH3 is 2. The van der Waals surface area contributed by atoms with Gasteiger partial charge in [-0.1, -0.05) is 0 Å². The van der Waals surface area contributed by atoms with E-state index in [9.17, 15) is 21.2 Å². The molecule has 0 heterocycles. The van der Waals surface area contributed by atoms with Gasteiger partial charge in [-0.3, -0.25) is 0 Å². The Kier molecular flexibility index (Phi) is 16.5. The molecule has 0 bridgehead atoms. The summed E-state index contributed by atoms with van der Waals surface area (Å²) >= 11 is 0. The molecule has 0 radical (unpaired) electrons. The zero-order valence-corrected chi connectivity index (χ0v) is 30.5. The van der Waals surface area contributed by atoms with E-state index < -0.39 is 25.5 Å². The number of rotatable bonds is 12. The fraction of sp³-hybridized carbons (Fsp3) is 0.278. The van der Waals surface area contributed by atoms with Crippen LogP contribution in [-0.4, -0.2) is 74.1 Å². The van der Waals surface area contributed by atoms with Crippen LogP contribution in [-0.2, 0) is 29.1 Å². The Labute approximate surface area is 298 Å². The zero-order valence-electron chi connectivity index (χ0n) is 28.9. The lowest BCUT2D eigenvalue weighted by molar-refractivity contribution is 0.0765. The molecular weight excluding hydrogens is 704 g/mol. The molecular formula is C36H39FN2O10S2. The van der Waals surface area contributed by atoms with Crippen molar-refractivity contribution >= 4 is 19.7 Å². The Balaban J connectivity index is 0.000000310. The molecule has 4 aromatic carbocycles. The van der Waals surface area contributed by atoms with Crippen LogP contribution in [0.5, 0.6) is 28.7 Å². The second-order valence-corrected chi connectivity index (χ2v) is 15.0. The molecule has 51 heavy (non-hydrogen) atoms. The quantitative estimate of drug-likeness (QED) is 0.177. The highest BCUT2D eigenvalue weighted by atomic mass is 32.2. The molecule has 12 nitrogen and oxygen atoms in total. The summed E-state index contributed by atoms with van der Waals surface area (Å²) in [7, 11) is -3.38. The summed E-state index contributed by atoms with van der Waals surface area (Å²) in [5, 5.41) is 26.3. The molecule has 0 amide bonds. The third-order valence-electron chi connectivity index (χ3n) is 6.13. The Morgan fingerprint density at radius 3 is 1.43 bits per heavy atom. The monoisotopic (exact) mass is 742 g/mol. The molecule has 1 N–H and O–H groups in total. The van der Waals surface area contributed by atoms with E-state index in [4.69, 9.17) is 34.6 Å². The summed E-state index contributed by atoms with van der Waals surface area (Å²) in [6.07, 6.45) is 1.74. The third kappa shape index (κ3) is 15.6. The van der Waals surface area contributed by atoms with Crippen LogP contribution in [0.2, 0.25) is 0 Å². The molecule has 4 aromatic rings. The fourth-order valence-corrected chi connectivity index (χ4v) is 5.23. The predicted molar refractivity (Wildman–Crippen MR) is 187 cm³/mol. The highest BCUT2D eigenvalue weighted by Crippen LogP contribution is 2.29. The molecule has 0 saturated heterocycles. The first-order chi connectivity index (χ1) is 24.0. The number of aliphatic hydroxyl groups excluding tert-OH is 1. The van der Waals surface area contributed by atoms with Gasteiger partial charge >= 0.3 is 0 Å². The Morgan fingerprint density at radius 1 is 0.647 bits per heavy atom. The first-order valence-corrected chi connectivity index (χ1v) is 18.8. The van der Waals surface area contributed by atoms with Crippen molar-refractivity contribution in [3.8, 4) is 40.9 Å². The number of hydrogen-bond donors (Lipinski definition) is 1. The lowest BCUT2D eigenvalue weighted by atomic mass is 10.2. The number of sulfone groups is 2. The summed E-state index contributed by atoms with van der Waals surface area (Å²) in [6.45, 7) is 4.39. The minimum absolute atomic E-state index is 0.146. The number of nitrogens with zero attached hydrogens (tertiary/aromatic N) is 2. The average Bonchev–Trinajstić information content (AvgIpc) is 3.04. The molecule has 0 saturated carbocycles. The summed E-state index contributed by atoms with van der Waals surface area (Å²) < 4.78 is 85.2. The van der Waals surface area contributed by atoms with E-state index in [1.165, 1.54) is 42.5 Å². The molecule has 15 heteroatoms. The Hall–Kier alpha value is -5.03. The first kappa shape index (κ1) is 42.1. The van der Waals surface area contributed by atoms with Crippen molar-refractivity contribution < 1.29 is 50.0 Å². The van der Waals surface area contributed by atoms with Crippen LogP contribution >= 0.6 is 0 Å². The van der Waals surface area contributed by atoms with Crippen molar-refractivity contribution in [2.75, 3.05) is 39.9 Å². The summed E-state index contributed by atoms with van der Waals surface area (Å²) in [4.78, 5) is 0.379. The Morgan fingerprint density at radius 2 is 1.06 bits per heavy atom. The predicted octanol–water partition coefficient (Wildman–Crippen LogP) is 6.07. The van der Waals surface area contributed by atoms with E-state index in [1.54, 1.807) is 51.5 Å². The molecule has 2 atom stereocenters. The van der Waals surface area contributed by atoms with Gasteiger partial charge in [-0.05, 0) is 86.6 Å². The molecule has 4 rings (SSSR count). The van der Waals surface area contributed by atoms with E-state index in [2.05, 4.69) is 10.8 Å². The third-order valence-corrected chi connectivity index (χ3v) is 8.39. The van der Waals surface area contributed by atoms with Crippen LogP contribution in [0.15, 0.2) is 94.7 Å². The summed E-state index contributed by atoms with van der Waals surface area (Å²) in [5.41, 5.74) is 0.539. The van der Waals surface area contributed by atoms with Crippen molar-refractivity contribution in [1.29, 1.82) is 10.5 Å². The number of aliphatic hydroxyl groups is 1. The van der Waals surface area contributed by atoms with E-state index in [0.29, 0.717) is 41.8 Å². The van der Waals surface area contributed by atoms with E-state index in [1.807, 2.05) is 13.0 Å². The summed E-state index contributed by atoms with van der Waals surface area (Å²) in [5.74, 6) is 1.32. The van der Waals surface area contributed by atoms with Crippen LogP contribution in [0.1, 0.15) is 25.0 Å². The van der Waals surface area contributed by atoms with E-state index in [0.717, 1.165) is 24.6 Å². The number of nitriles is 2. The van der Waals surface area contributed by atoms with Gasteiger partial charge in [-0.15, -0.1) is 0 Å². The van der Waals surface area contributed by atoms with Gasteiger partial charge in [0, 0.05) is 38.9 Å². The maximum Gasteiger partial charge on any atom is 0.175 e. The number of halogens is 1. The molecule has 0 aromatic heterocycles. The van der Waals surface area contributed by atoms with Crippen molar-refractivity contribution in [2.24, 2.45) is 0 Å². The van der Waals surface area contributed by atoms with Gasteiger partial charge in [0.1, 0.15) is 40.7 Å². The maximum atomic E-state index is 13.2. The smallest absolute Gasteiger partial charge is 0.175 e. The van der Waals surface area contributed by atoms with Gasteiger partial charge in [-0.2, -0.15) is 10.5 Å². The highest BCUT2D eigenvalue weighted by Gasteiger charge is 2.11. The minimum atomic E-state index is -3.27. The highest BCUT2D eigenvalue weighted by molar-refractivity contribution is 7.91. The van der Waals surface area contributed by atoms with Crippen LogP contribution in [0.25, 0.3) is 0 Å². The van der Waals surface area contributed by atoms with E-state index >= 15 is 0 Å². The Bertz CT molecular complexity index is 2020. The topological polar surface area (TPSA) is 182 Å². The van der Waals surface area contributed by atoms with Gasteiger partial charge in [0.25, 0.3) is 0 Å². The van der Waals surface area contributed by atoms with Gasteiger partial charge in [-0.25, -0.2) is 21.2 Å². The molecule has 0 unspecified atom stereocenters. The molecule has 0 spiro atoms. The second kappa shape index (κ2) is 20.0. The van der Waals surface area contributed by atoms with Crippen LogP contribution in [0, 0.1) is 28.5 Å². The SMILES string of the molecule is COC[C@H](C)O.COC[C@H](C)Oc1cc(C#N)cc(Oc2ccc(S(C)(=O)=O)cc2)c1.CS(=O)(=O)c1ccc(Oc2cc(F)cc(C#N)c2)cc1. The first-order valence-electron chi connectivity index (χ1n) is 15.0. The largest absolute Gasteiger partial charge is 0.488 e. The van der Waals surface area contributed by atoms with Crippen molar-refractivity contribution in [3.63, 3.8) is 0 Å². The molecule has 272 valence electrons. The van der Waals surface area contributed by atoms with Crippen LogP contribution in [0.4, 0.5) is 4.39 Å². The maximum absolute atomic E-state index is 13.2. The van der Waals surface area contributed by atoms with Crippen molar-refractivity contribution in [3.05, 3.63) is 102 Å². The van der Waals surface area contributed by atoms with Gasteiger partial charge < -0.3 is 28.8 Å². The fourth-order valence-electron chi connectivity index (χ4n) is 3.97. The normalized spacial score (nSPS) is 12.0. The van der Waals surface area contributed by atoms with E-state index in [-0.39, 0.29) is 33.3 Å². The molecule has 0 aliphatic heterocycles. The molecule has 0 aliphatic rings. The molecule has 0 aliphatic carbocycles.